The van der Waals surface area contributed by atoms with Crippen molar-refractivity contribution in [3.63, 3.8) is 0 Å². The number of aliphatic imine (C=N–C) groups is 1. The number of allylic oxidation sites excluding steroid dienone is 2. The molecule has 0 bridgehead atoms. The van der Waals surface area contributed by atoms with Gasteiger partial charge in [-0.1, -0.05) is 68.1 Å². The fourth-order valence-corrected chi connectivity index (χ4v) is 4.51. The van der Waals surface area contributed by atoms with E-state index in [1.54, 1.807) is 30.3 Å². The van der Waals surface area contributed by atoms with Crippen molar-refractivity contribution >= 4 is 5.84 Å². The molecule has 3 nitrogen and oxygen atoms in total. The summed E-state index contributed by atoms with van der Waals surface area (Å²) in [5.41, 5.74) is 4.83. The Morgan fingerprint density at radius 3 is 2.31 bits per heavy atom. The first-order valence-electron chi connectivity index (χ1n) is 12.0. The second kappa shape index (κ2) is 11.1. The standard InChI is InChI=1S/C30H30F2N2O/c1-3-24-21(2)34(20-19-23-14-7-8-16-26(23)31)30(25-15-10-17-27(32)29(25)35)33-28(24)18-9-13-22-11-5-4-6-12-22/h4-8,10-12,14-17,35H,2-3,9,13,18-20H2,1H3. The summed E-state index contributed by atoms with van der Waals surface area (Å²) in [5.74, 6) is -0.982. The maximum atomic E-state index is 14.3. The molecule has 0 spiro atoms. The first-order chi connectivity index (χ1) is 17.0. The number of aromatic hydroxyl groups is 1. The van der Waals surface area contributed by atoms with E-state index in [-0.39, 0.29) is 5.82 Å². The lowest BCUT2D eigenvalue weighted by atomic mass is 9.97. The molecule has 0 aromatic heterocycles. The highest BCUT2D eigenvalue weighted by molar-refractivity contribution is 6.03. The molecule has 0 fully saturated rings. The third kappa shape index (κ3) is 5.51. The number of benzene rings is 3. The number of nitrogens with zero attached hydrogens (tertiary/aromatic N) is 2. The van der Waals surface area contributed by atoms with Crippen LogP contribution in [0.4, 0.5) is 8.78 Å². The molecule has 1 heterocycles. The molecule has 0 atom stereocenters. The van der Waals surface area contributed by atoms with Crippen LogP contribution in [0.5, 0.6) is 5.75 Å². The molecule has 1 aliphatic heterocycles. The van der Waals surface area contributed by atoms with Gasteiger partial charge in [-0.2, -0.15) is 0 Å². The lowest BCUT2D eigenvalue weighted by Crippen LogP contribution is -2.36. The number of halogens is 2. The highest BCUT2D eigenvalue weighted by Gasteiger charge is 2.28. The lowest BCUT2D eigenvalue weighted by Gasteiger charge is -2.34. The van der Waals surface area contributed by atoms with E-state index >= 15 is 0 Å². The highest BCUT2D eigenvalue weighted by Crippen LogP contribution is 2.34. The van der Waals surface area contributed by atoms with Crippen LogP contribution in [-0.2, 0) is 12.8 Å². The largest absolute Gasteiger partial charge is 0.504 e. The van der Waals surface area contributed by atoms with Gasteiger partial charge in [0.25, 0.3) is 0 Å². The van der Waals surface area contributed by atoms with Gasteiger partial charge >= 0.3 is 0 Å². The topological polar surface area (TPSA) is 35.8 Å². The lowest BCUT2D eigenvalue weighted by molar-refractivity contribution is 0.427. The molecule has 3 aromatic carbocycles. The van der Waals surface area contributed by atoms with Crippen molar-refractivity contribution in [2.45, 2.75) is 39.0 Å². The number of amidine groups is 1. The Labute approximate surface area is 205 Å². The van der Waals surface area contributed by atoms with E-state index in [9.17, 15) is 13.9 Å². The van der Waals surface area contributed by atoms with E-state index in [0.29, 0.717) is 29.9 Å². The van der Waals surface area contributed by atoms with Crippen molar-refractivity contribution in [1.82, 2.24) is 4.90 Å². The van der Waals surface area contributed by atoms with Crippen molar-refractivity contribution in [2.24, 2.45) is 4.99 Å². The van der Waals surface area contributed by atoms with E-state index in [0.717, 1.165) is 42.7 Å². The fraction of sp³-hybridized carbons (Fsp3) is 0.233. The van der Waals surface area contributed by atoms with E-state index in [2.05, 4.69) is 25.6 Å². The minimum absolute atomic E-state index is 0.268. The van der Waals surface area contributed by atoms with Crippen LogP contribution in [0.25, 0.3) is 0 Å². The van der Waals surface area contributed by atoms with Crippen LogP contribution in [-0.4, -0.2) is 22.4 Å². The van der Waals surface area contributed by atoms with Gasteiger partial charge in [0.05, 0.1) is 5.56 Å². The summed E-state index contributed by atoms with van der Waals surface area (Å²) in [7, 11) is 0. The van der Waals surface area contributed by atoms with Gasteiger partial charge in [0.15, 0.2) is 11.6 Å². The van der Waals surface area contributed by atoms with Gasteiger partial charge in [0, 0.05) is 17.9 Å². The first kappa shape index (κ1) is 24.4. The van der Waals surface area contributed by atoms with Crippen molar-refractivity contribution in [2.75, 3.05) is 6.54 Å². The Kier molecular flexibility index (Phi) is 7.76. The van der Waals surface area contributed by atoms with Gasteiger partial charge in [0.2, 0.25) is 0 Å². The van der Waals surface area contributed by atoms with Crippen LogP contribution < -0.4 is 0 Å². The molecule has 0 unspecified atom stereocenters. The summed E-state index contributed by atoms with van der Waals surface area (Å²) in [4.78, 5) is 6.82. The molecular formula is C30H30F2N2O. The van der Waals surface area contributed by atoms with Crippen LogP contribution in [0.3, 0.4) is 0 Å². The molecule has 35 heavy (non-hydrogen) atoms. The smallest absolute Gasteiger partial charge is 0.165 e. The molecule has 0 amide bonds. The van der Waals surface area contributed by atoms with Gasteiger partial charge in [-0.25, -0.2) is 13.8 Å². The van der Waals surface area contributed by atoms with Gasteiger partial charge in [-0.3, -0.25) is 0 Å². The zero-order valence-corrected chi connectivity index (χ0v) is 20.0. The SMILES string of the molecule is C=C1C(CC)=C(CCCc2ccccc2)N=C(c2cccc(F)c2O)N1CCc1ccccc1F. The van der Waals surface area contributed by atoms with Crippen LogP contribution in [0, 0.1) is 11.6 Å². The van der Waals surface area contributed by atoms with Crippen molar-refractivity contribution < 1.29 is 13.9 Å². The quantitative estimate of drug-likeness (QED) is 0.358. The Morgan fingerprint density at radius 2 is 1.57 bits per heavy atom. The summed E-state index contributed by atoms with van der Waals surface area (Å²) in [6, 6.07) is 21.4. The van der Waals surface area contributed by atoms with E-state index in [1.807, 2.05) is 23.1 Å². The van der Waals surface area contributed by atoms with Gasteiger partial charge < -0.3 is 10.0 Å². The summed E-state index contributed by atoms with van der Waals surface area (Å²) in [6.45, 7) is 6.81. The molecule has 0 saturated carbocycles. The van der Waals surface area contributed by atoms with Crippen molar-refractivity contribution in [3.05, 3.63) is 125 Å². The second-order valence-corrected chi connectivity index (χ2v) is 8.63. The Morgan fingerprint density at radius 1 is 0.857 bits per heavy atom. The maximum absolute atomic E-state index is 14.3. The van der Waals surface area contributed by atoms with Crippen LogP contribution >= 0.6 is 0 Å². The Balaban J connectivity index is 1.66. The van der Waals surface area contributed by atoms with Crippen molar-refractivity contribution in [1.29, 1.82) is 0 Å². The molecule has 4 rings (SSSR count). The third-order valence-corrected chi connectivity index (χ3v) is 6.38. The molecule has 5 heteroatoms. The Hall–Kier alpha value is -3.73. The van der Waals surface area contributed by atoms with Crippen LogP contribution in [0.15, 0.2) is 101 Å². The van der Waals surface area contributed by atoms with Gasteiger partial charge in [-0.05, 0) is 67.0 Å². The fourth-order valence-electron chi connectivity index (χ4n) is 4.51. The van der Waals surface area contributed by atoms with Gasteiger partial charge in [-0.15, -0.1) is 0 Å². The zero-order valence-electron chi connectivity index (χ0n) is 20.0. The molecule has 0 radical (unpaired) electrons. The molecule has 0 aliphatic carbocycles. The van der Waals surface area contributed by atoms with Crippen molar-refractivity contribution in [3.8, 4) is 5.75 Å². The van der Waals surface area contributed by atoms with E-state index < -0.39 is 11.6 Å². The number of aryl methyl sites for hydroxylation is 1. The summed E-state index contributed by atoms with van der Waals surface area (Å²) in [5, 5.41) is 10.5. The monoisotopic (exact) mass is 472 g/mol. The number of hydrogen-bond acceptors (Lipinski definition) is 3. The molecule has 1 N–H and O–H groups in total. The summed E-state index contributed by atoms with van der Waals surface area (Å²) < 4.78 is 28.6. The average molecular weight is 473 g/mol. The summed E-state index contributed by atoms with van der Waals surface area (Å²) >= 11 is 0. The number of phenols is 1. The van der Waals surface area contributed by atoms with Crippen LogP contribution in [0.2, 0.25) is 0 Å². The normalized spacial score (nSPS) is 13.9. The maximum Gasteiger partial charge on any atom is 0.165 e. The number of para-hydroxylation sites is 1. The second-order valence-electron chi connectivity index (χ2n) is 8.63. The minimum Gasteiger partial charge on any atom is -0.504 e. The molecule has 3 aromatic rings. The number of rotatable bonds is 9. The third-order valence-electron chi connectivity index (χ3n) is 6.38. The molecule has 1 aliphatic rings. The predicted molar refractivity (Wildman–Crippen MR) is 137 cm³/mol. The first-order valence-corrected chi connectivity index (χ1v) is 12.0. The molecular weight excluding hydrogens is 442 g/mol. The average Bonchev–Trinajstić information content (AvgIpc) is 2.86. The minimum atomic E-state index is -0.708. The van der Waals surface area contributed by atoms with E-state index in [4.69, 9.17) is 4.99 Å². The summed E-state index contributed by atoms with van der Waals surface area (Å²) in [6.07, 6.45) is 3.71. The predicted octanol–water partition coefficient (Wildman–Crippen LogP) is 7.18. The van der Waals surface area contributed by atoms with Gasteiger partial charge in [0.1, 0.15) is 11.7 Å². The Bertz CT molecular complexity index is 1260. The highest BCUT2D eigenvalue weighted by atomic mass is 19.1. The number of phenolic OH excluding ortho intramolecular Hbond substituents is 1. The number of hydrogen-bond donors (Lipinski definition) is 1. The molecule has 180 valence electrons. The van der Waals surface area contributed by atoms with E-state index in [1.165, 1.54) is 17.7 Å². The molecule has 0 saturated heterocycles. The van der Waals surface area contributed by atoms with Crippen LogP contribution in [0.1, 0.15) is 42.9 Å². The zero-order chi connectivity index (χ0) is 24.8.